The van der Waals surface area contributed by atoms with Crippen LogP contribution in [0.3, 0.4) is 0 Å². The lowest BCUT2D eigenvalue weighted by Gasteiger charge is -2.30. The molecule has 0 saturated heterocycles. The third kappa shape index (κ3) is 6.15. The van der Waals surface area contributed by atoms with Crippen LogP contribution in [-0.4, -0.2) is 39.5 Å². The predicted molar refractivity (Wildman–Crippen MR) is 127 cm³/mol. The Morgan fingerprint density at radius 3 is 2.65 bits per heavy atom. The predicted octanol–water partition coefficient (Wildman–Crippen LogP) is 5.09. The molecule has 0 unspecified atom stereocenters. The van der Waals surface area contributed by atoms with Gasteiger partial charge in [0.25, 0.3) is 0 Å². The summed E-state index contributed by atoms with van der Waals surface area (Å²) >= 11 is 0. The second-order valence-electron chi connectivity index (χ2n) is 9.25. The van der Waals surface area contributed by atoms with Crippen molar-refractivity contribution in [1.82, 2.24) is 25.2 Å². The Hall–Kier alpha value is -3.76. The number of benzene rings is 1. The van der Waals surface area contributed by atoms with Gasteiger partial charge in [-0.3, -0.25) is 0 Å². The van der Waals surface area contributed by atoms with E-state index in [2.05, 4.69) is 34.1 Å². The van der Waals surface area contributed by atoms with Gasteiger partial charge in [-0.2, -0.15) is 13.2 Å². The van der Waals surface area contributed by atoms with E-state index in [1.165, 1.54) is 7.11 Å². The molecule has 196 valence electrons. The van der Waals surface area contributed by atoms with E-state index in [9.17, 15) is 22.4 Å². The molecule has 2 aromatic heterocycles. The number of hydrogen-bond donors (Lipinski definition) is 1. The first kappa shape index (κ1) is 26.3. The van der Waals surface area contributed by atoms with Crippen LogP contribution < -0.4 is 10.1 Å². The first-order valence-electron chi connectivity index (χ1n) is 11.8. The number of aromatic nitrogens is 3. The van der Waals surface area contributed by atoms with Gasteiger partial charge in [-0.15, -0.1) is 0 Å². The summed E-state index contributed by atoms with van der Waals surface area (Å²) in [6.07, 6.45) is -1.78. The van der Waals surface area contributed by atoms with Gasteiger partial charge in [-0.25, -0.2) is 24.1 Å². The van der Waals surface area contributed by atoms with Crippen LogP contribution in [0.15, 0.2) is 42.6 Å². The fourth-order valence-corrected chi connectivity index (χ4v) is 4.17. The van der Waals surface area contributed by atoms with Gasteiger partial charge in [0, 0.05) is 25.2 Å². The van der Waals surface area contributed by atoms with Gasteiger partial charge in [-0.05, 0) is 41.7 Å². The number of urea groups is 1. The molecule has 0 saturated carbocycles. The van der Waals surface area contributed by atoms with Crippen LogP contribution in [0.2, 0.25) is 0 Å². The van der Waals surface area contributed by atoms with Gasteiger partial charge < -0.3 is 15.0 Å². The van der Waals surface area contributed by atoms with Gasteiger partial charge in [-0.1, -0.05) is 26.0 Å². The summed E-state index contributed by atoms with van der Waals surface area (Å²) in [5, 5.41) is 2.81. The topological polar surface area (TPSA) is 80.2 Å². The zero-order chi connectivity index (χ0) is 26.7. The smallest absolute Gasteiger partial charge is 0.419 e. The molecule has 3 aromatic rings. The molecule has 1 N–H and O–H groups in total. The van der Waals surface area contributed by atoms with Crippen LogP contribution in [0.25, 0.3) is 0 Å². The number of nitrogens with zero attached hydrogens (tertiary/aromatic N) is 4. The first-order chi connectivity index (χ1) is 17.5. The molecule has 1 atom stereocenters. The molecule has 11 heteroatoms. The molecule has 0 spiro atoms. The Labute approximate surface area is 211 Å². The number of carbonyl (C=O) groups is 1. The highest BCUT2D eigenvalue weighted by molar-refractivity contribution is 5.75. The van der Waals surface area contributed by atoms with Crippen molar-refractivity contribution in [3.63, 3.8) is 0 Å². The fourth-order valence-electron chi connectivity index (χ4n) is 4.17. The maximum absolute atomic E-state index is 14.5. The second-order valence-corrected chi connectivity index (χ2v) is 9.25. The molecule has 1 aliphatic heterocycles. The number of ether oxygens (including phenoxy) is 1. The molecular formula is C26H27F4N5O2. The Kier molecular flexibility index (Phi) is 7.60. The van der Waals surface area contributed by atoms with Crippen LogP contribution in [0.4, 0.5) is 22.4 Å². The Morgan fingerprint density at radius 2 is 1.97 bits per heavy atom. The van der Waals surface area contributed by atoms with Crippen molar-refractivity contribution in [3.8, 4) is 5.88 Å². The number of halogens is 4. The van der Waals surface area contributed by atoms with Crippen molar-refractivity contribution in [1.29, 1.82) is 0 Å². The summed E-state index contributed by atoms with van der Waals surface area (Å²) < 4.78 is 59.0. The van der Waals surface area contributed by atoms with E-state index >= 15 is 0 Å². The average Bonchev–Trinajstić information content (AvgIpc) is 2.85. The molecule has 1 aromatic carbocycles. The Balaban J connectivity index is 1.62. The fraction of sp³-hybridized carbons (Fsp3) is 0.385. The number of carbonyl (C=O) groups excluding carboxylic acids is 1. The molecular weight excluding hydrogens is 490 g/mol. The van der Waals surface area contributed by atoms with E-state index in [0.717, 1.165) is 23.4 Å². The minimum Gasteiger partial charge on any atom is -0.481 e. The summed E-state index contributed by atoms with van der Waals surface area (Å²) in [4.78, 5) is 28.3. The maximum atomic E-state index is 14.5. The van der Waals surface area contributed by atoms with Crippen molar-refractivity contribution >= 4 is 6.03 Å². The van der Waals surface area contributed by atoms with E-state index in [4.69, 9.17) is 4.74 Å². The van der Waals surface area contributed by atoms with Crippen LogP contribution in [-0.2, 0) is 25.6 Å². The monoisotopic (exact) mass is 517 g/mol. The summed E-state index contributed by atoms with van der Waals surface area (Å²) in [6.45, 7) is 4.78. The van der Waals surface area contributed by atoms with E-state index in [1.54, 1.807) is 29.3 Å². The normalized spacial score (nSPS) is 14.3. The van der Waals surface area contributed by atoms with Crippen molar-refractivity contribution in [2.45, 2.75) is 45.5 Å². The second kappa shape index (κ2) is 10.7. The molecule has 0 fully saturated rings. The summed E-state index contributed by atoms with van der Waals surface area (Å²) in [5.74, 6) is -0.116. The molecule has 2 amide bonds. The number of pyridine rings is 1. The standard InChI is InChI=1S/C26H27F4N5O2/c1-15(2)11-22-31-13-17-9-10-35(14-21(17)32-22)25(36)34-24(20-5-4-6-23(33-20)37-3)16-7-8-18(19(27)12-16)26(28,29)30/h4-8,12-13,15,24H,9-11,14H2,1-3H3,(H,34,36)/t24-/m0/s1. The largest absolute Gasteiger partial charge is 0.481 e. The zero-order valence-corrected chi connectivity index (χ0v) is 20.6. The molecule has 0 radical (unpaired) electrons. The van der Waals surface area contributed by atoms with Crippen LogP contribution in [0.1, 0.15) is 53.8 Å². The average molecular weight is 518 g/mol. The summed E-state index contributed by atoms with van der Waals surface area (Å²) in [5.41, 5.74) is 0.727. The van der Waals surface area contributed by atoms with Gasteiger partial charge in [0.15, 0.2) is 0 Å². The van der Waals surface area contributed by atoms with E-state index < -0.39 is 29.6 Å². The SMILES string of the molecule is COc1cccc([C@@H](NC(=O)N2CCc3cnc(CC(C)C)nc3C2)c2ccc(C(F)(F)F)c(F)c2)n1. The van der Waals surface area contributed by atoms with Crippen LogP contribution in [0.5, 0.6) is 5.88 Å². The van der Waals surface area contributed by atoms with Crippen LogP contribution in [0, 0.1) is 11.7 Å². The molecule has 0 bridgehead atoms. The molecule has 1 aliphatic rings. The summed E-state index contributed by atoms with van der Waals surface area (Å²) in [6, 6.07) is 5.86. The van der Waals surface area contributed by atoms with Crippen molar-refractivity contribution in [2.75, 3.05) is 13.7 Å². The molecule has 3 heterocycles. The van der Waals surface area contributed by atoms with Crippen molar-refractivity contribution < 1.29 is 27.1 Å². The zero-order valence-electron chi connectivity index (χ0n) is 20.6. The highest BCUT2D eigenvalue weighted by atomic mass is 19.4. The van der Waals surface area contributed by atoms with E-state index in [-0.39, 0.29) is 23.7 Å². The third-order valence-corrected chi connectivity index (χ3v) is 6.02. The number of rotatable bonds is 6. The molecule has 7 nitrogen and oxygen atoms in total. The van der Waals surface area contributed by atoms with Gasteiger partial charge in [0.2, 0.25) is 5.88 Å². The van der Waals surface area contributed by atoms with Gasteiger partial charge in [0.1, 0.15) is 11.6 Å². The van der Waals surface area contributed by atoms with Gasteiger partial charge in [0.05, 0.1) is 36.6 Å². The Morgan fingerprint density at radius 1 is 1.19 bits per heavy atom. The number of amides is 2. The third-order valence-electron chi connectivity index (χ3n) is 6.02. The van der Waals surface area contributed by atoms with Crippen molar-refractivity contribution in [2.24, 2.45) is 5.92 Å². The molecule has 0 aliphatic carbocycles. The highest BCUT2D eigenvalue weighted by Gasteiger charge is 2.35. The van der Waals surface area contributed by atoms with E-state index in [0.29, 0.717) is 37.2 Å². The van der Waals surface area contributed by atoms with Crippen LogP contribution >= 0.6 is 0 Å². The lowest BCUT2D eigenvalue weighted by molar-refractivity contribution is -0.140. The highest BCUT2D eigenvalue weighted by Crippen LogP contribution is 2.33. The number of hydrogen-bond acceptors (Lipinski definition) is 5. The molecule has 37 heavy (non-hydrogen) atoms. The Bertz CT molecular complexity index is 1280. The lowest BCUT2D eigenvalue weighted by Crippen LogP contribution is -2.44. The first-order valence-corrected chi connectivity index (χ1v) is 11.8. The van der Waals surface area contributed by atoms with Crippen molar-refractivity contribution in [3.05, 3.63) is 82.3 Å². The minimum atomic E-state index is -4.84. The van der Waals surface area contributed by atoms with E-state index in [1.807, 2.05) is 0 Å². The lowest BCUT2D eigenvalue weighted by atomic mass is 10.0. The number of methoxy groups -OCH3 is 1. The number of alkyl halides is 3. The number of nitrogens with one attached hydrogen (secondary N) is 1. The molecule has 4 rings (SSSR count). The number of fused-ring (bicyclic) bond motifs is 1. The summed E-state index contributed by atoms with van der Waals surface area (Å²) in [7, 11) is 1.41. The van der Waals surface area contributed by atoms with Gasteiger partial charge >= 0.3 is 12.2 Å². The maximum Gasteiger partial charge on any atom is 0.419 e. The minimum absolute atomic E-state index is 0.110. The quantitative estimate of drug-likeness (QED) is 0.461.